The Balaban J connectivity index is 2.06. The predicted octanol–water partition coefficient (Wildman–Crippen LogP) is 0.832. The number of nitrogens with two attached hydrogens (primary N) is 1. The molecule has 0 radical (unpaired) electrons. The maximum atomic E-state index is 12.1. The Morgan fingerprint density at radius 3 is 2.75 bits per heavy atom. The summed E-state index contributed by atoms with van der Waals surface area (Å²) in [5, 5.41) is 6.80. The van der Waals surface area contributed by atoms with E-state index in [4.69, 9.17) is 5.73 Å². The summed E-state index contributed by atoms with van der Waals surface area (Å²) in [5.74, 6) is 0.546. The number of nitrogens with zero attached hydrogens (tertiary/aromatic N) is 4. The Bertz CT molecular complexity index is 549. The second-order valence-electron chi connectivity index (χ2n) is 4.82. The van der Waals surface area contributed by atoms with E-state index in [0.717, 1.165) is 0 Å². The SMILES string of the molecule is CC(C)C(CN)C(=O)Nc1ccc(-n2cncn2)nc1. The molecule has 2 aromatic heterocycles. The number of hydrogen-bond donors (Lipinski definition) is 2. The Morgan fingerprint density at radius 2 is 2.25 bits per heavy atom. The number of carbonyl (C=O) groups is 1. The Hall–Kier alpha value is -2.28. The van der Waals surface area contributed by atoms with Crippen LogP contribution >= 0.6 is 0 Å². The van der Waals surface area contributed by atoms with Gasteiger partial charge >= 0.3 is 0 Å². The van der Waals surface area contributed by atoms with E-state index in [1.165, 1.54) is 6.33 Å². The number of carbonyl (C=O) groups excluding carboxylic acids is 1. The van der Waals surface area contributed by atoms with Crippen molar-refractivity contribution in [2.45, 2.75) is 13.8 Å². The zero-order valence-corrected chi connectivity index (χ0v) is 11.5. The molecule has 0 spiro atoms. The molecule has 7 heteroatoms. The van der Waals surface area contributed by atoms with Gasteiger partial charge in [-0.15, -0.1) is 0 Å². The number of rotatable bonds is 5. The maximum Gasteiger partial charge on any atom is 0.229 e. The largest absolute Gasteiger partial charge is 0.330 e. The van der Waals surface area contributed by atoms with E-state index in [1.54, 1.807) is 29.3 Å². The molecule has 0 aliphatic heterocycles. The monoisotopic (exact) mass is 274 g/mol. The normalized spacial score (nSPS) is 12.4. The molecule has 0 fully saturated rings. The third-order valence-electron chi connectivity index (χ3n) is 3.06. The lowest BCUT2D eigenvalue weighted by molar-refractivity contribution is -0.120. The summed E-state index contributed by atoms with van der Waals surface area (Å²) < 4.78 is 1.54. The van der Waals surface area contributed by atoms with E-state index < -0.39 is 0 Å². The van der Waals surface area contributed by atoms with Crippen LogP contribution in [0.2, 0.25) is 0 Å². The summed E-state index contributed by atoms with van der Waals surface area (Å²) in [6, 6.07) is 3.53. The third-order valence-corrected chi connectivity index (χ3v) is 3.06. The first-order valence-electron chi connectivity index (χ1n) is 6.43. The van der Waals surface area contributed by atoms with Crippen LogP contribution in [-0.2, 0) is 4.79 Å². The molecule has 0 bridgehead atoms. The summed E-state index contributed by atoms with van der Waals surface area (Å²) in [6.45, 7) is 4.28. The lowest BCUT2D eigenvalue weighted by Crippen LogP contribution is -2.33. The fourth-order valence-corrected chi connectivity index (χ4v) is 1.84. The fourth-order valence-electron chi connectivity index (χ4n) is 1.84. The van der Waals surface area contributed by atoms with Gasteiger partial charge in [0.2, 0.25) is 5.91 Å². The number of anilines is 1. The molecular weight excluding hydrogens is 256 g/mol. The van der Waals surface area contributed by atoms with E-state index in [1.807, 2.05) is 13.8 Å². The van der Waals surface area contributed by atoms with Crippen LogP contribution in [0.15, 0.2) is 31.0 Å². The van der Waals surface area contributed by atoms with Crippen LogP contribution in [0.5, 0.6) is 0 Å². The molecule has 106 valence electrons. The van der Waals surface area contributed by atoms with Gasteiger partial charge in [0.1, 0.15) is 12.7 Å². The quantitative estimate of drug-likeness (QED) is 0.841. The Labute approximate surface area is 117 Å². The van der Waals surface area contributed by atoms with Gasteiger partial charge in [-0.25, -0.2) is 14.6 Å². The molecule has 0 aromatic carbocycles. The van der Waals surface area contributed by atoms with E-state index in [0.29, 0.717) is 18.1 Å². The van der Waals surface area contributed by atoms with E-state index in [9.17, 15) is 4.79 Å². The molecule has 2 heterocycles. The molecule has 0 saturated heterocycles. The molecule has 0 saturated carbocycles. The van der Waals surface area contributed by atoms with Gasteiger partial charge in [-0.05, 0) is 18.1 Å². The van der Waals surface area contributed by atoms with Crippen LogP contribution in [0.25, 0.3) is 5.82 Å². The topological polar surface area (TPSA) is 98.7 Å². The van der Waals surface area contributed by atoms with E-state index in [-0.39, 0.29) is 17.7 Å². The number of pyridine rings is 1. The van der Waals surface area contributed by atoms with Gasteiger partial charge in [0, 0.05) is 6.54 Å². The Kier molecular flexibility index (Phi) is 4.41. The molecule has 0 aliphatic carbocycles. The van der Waals surface area contributed by atoms with Crippen molar-refractivity contribution < 1.29 is 4.79 Å². The van der Waals surface area contributed by atoms with Crippen LogP contribution in [-0.4, -0.2) is 32.2 Å². The minimum atomic E-state index is -0.204. The smallest absolute Gasteiger partial charge is 0.229 e. The molecule has 7 nitrogen and oxygen atoms in total. The van der Waals surface area contributed by atoms with Gasteiger partial charge in [0.15, 0.2) is 5.82 Å². The standard InChI is InChI=1S/C13H18N6O/c1-9(2)11(5-14)13(20)18-10-3-4-12(16-6-10)19-8-15-7-17-19/h3-4,6-9,11H,5,14H2,1-2H3,(H,18,20). The maximum absolute atomic E-state index is 12.1. The molecule has 0 aliphatic rings. The lowest BCUT2D eigenvalue weighted by atomic mass is 9.95. The van der Waals surface area contributed by atoms with Crippen molar-refractivity contribution in [1.29, 1.82) is 0 Å². The molecule has 1 amide bonds. The second kappa shape index (κ2) is 6.25. The zero-order chi connectivity index (χ0) is 14.5. The highest BCUT2D eigenvalue weighted by Crippen LogP contribution is 2.14. The number of hydrogen-bond acceptors (Lipinski definition) is 5. The van der Waals surface area contributed by atoms with Crippen molar-refractivity contribution in [1.82, 2.24) is 19.7 Å². The van der Waals surface area contributed by atoms with Crippen LogP contribution < -0.4 is 11.1 Å². The zero-order valence-electron chi connectivity index (χ0n) is 11.5. The second-order valence-corrected chi connectivity index (χ2v) is 4.82. The fraction of sp³-hybridized carbons (Fsp3) is 0.385. The number of nitrogens with one attached hydrogen (secondary N) is 1. The van der Waals surface area contributed by atoms with E-state index in [2.05, 4.69) is 20.4 Å². The molecule has 1 atom stereocenters. The highest BCUT2D eigenvalue weighted by Gasteiger charge is 2.20. The van der Waals surface area contributed by atoms with Gasteiger partial charge in [0.25, 0.3) is 0 Å². The van der Waals surface area contributed by atoms with Crippen molar-refractivity contribution in [3.8, 4) is 5.82 Å². The molecule has 3 N–H and O–H groups in total. The van der Waals surface area contributed by atoms with Crippen molar-refractivity contribution in [2.24, 2.45) is 17.6 Å². The third kappa shape index (κ3) is 3.18. The minimum absolute atomic E-state index is 0.0854. The van der Waals surface area contributed by atoms with Crippen LogP contribution in [0.3, 0.4) is 0 Å². The molecule has 20 heavy (non-hydrogen) atoms. The van der Waals surface area contributed by atoms with Crippen LogP contribution in [0, 0.1) is 11.8 Å². The molecule has 2 rings (SSSR count). The summed E-state index contributed by atoms with van der Waals surface area (Å²) in [7, 11) is 0. The van der Waals surface area contributed by atoms with Gasteiger partial charge < -0.3 is 11.1 Å². The van der Waals surface area contributed by atoms with Crippen LogP contribution in [0.4, 0.5) is 5.69 Å². The summed E-state index contributed by atoms with van der Waals surface area (Å²) in [4.78, 5) is 20.1. The van der Waals surface area contributed by atoms with Crippen molar-refractivity contribution in [3.05, 3.63) is 31.0 Å². The Morgan fingerprint density at radius 1 is 1.45 bits per heavy atom. The van der Waals surface area contributed by atoms with Gasteiger partial charge in [0.05, 0.1) is 17.8 Å². The predicted molar refractivity (Wildman–Crippen MR) is 75.2 cm³/mol. The molecule has 1 unspecified atom stereocenters. The number of aromatic nitrogens is 4. The first-order chi connectivity index (χ1) is 9.61. The van der Waals surface area contributed by atoms with Gasteiger partial charge in [-0.2, -0.15) is 5.10 Å². The van der Waals surface area contributed by atoms with Crippen LogP contribution in [0.1, 0.15) is 13.8 Å². The number of amides is 1. The average Bonchev–Trinajstić information content (AvgIpc) is 2.94. The van der Waals surface area contributed by atoms with Crippen molar-refractivity contribution in [2.75, 3.05) is 11.9 Å². The first-order valence-corrected chi connectivity index (χ1v) is 6.43. The molecular formula is C13H18N6O. The summed E-state index contributed by atoms with van der Waals surface area (Å²) in [6.07, 6.45) is 4.58. The highest BCUT2D eigenvalue weighted by molar-refractivity contribution is 5.92. The highest BCUT2D eigenvalue weighted by atomic mass is 16.1. The van der Waals surface area contributed by atoms with Crippen molar-refractivity contribution >= 4 is 11.6 Å². The van der Waals surface area contributed by atoms with Crippen molar-refractivity contribution in [3.63, 3.8) is 0 Å². The van der Waals surface area contributed by atoms with E-state index >= 15 is 0 Å². The lowest BCUT2D eigenvalue weighted by Gasteiger charge is -2.18. The first kappa shape index (κ1) is 14.1. The summed E-state index contributed by atoms with van der Waals surface area (Å²) >= 11 is 0. The average molecular weight is 274 g/mol. The molecule has 2 aromatic rings. The minimum Gasteiger partial charge on any atom is -0.330 e. The van der Waals surface area contributed by atoms with Gasteiger partial charge in [-0.3, -0.25) is 4.79 Å². The summed E-state index contributed by atoms with van der Waals surface area (Å²) in [5.41, 5.74) is 6.26. The van der Waals surface area contributed by atoms with Gasteiger partial charge in [-0.1, -0.05) is 13.8 Å².